The highest BCUT2D eigenvalue weighted by Crippen LogP contribution is 2.29. The summed E-state index contributed by atoms with van der Waals surface area (Å²) in [6, 6.07) is 10.2. The van der Waals surface area contributed by atoms with Crippen molar-refractivity contribution in [1.82, 2.24) is 19.6 Å². The zero-order valence-electron chi connectivity index (χ0n) is 12.0. The number of anilines is 2. The Kier molecular flexibility index (Phi) is 2.84. The average molecular weight is 279 g/mol. The molecule has 0 bridgehead atoms. The van der Waals surface area contributed by atoms with E-state index in [-0.39, 0.29) is 0 Å². The molecule has 2 aromatic heterocycles. The highest BCUT2D eigenvalue weighted by Gasteiger charge is 2.20. The average Bonchev–Trinajstić information content (AvgIpc) is 2.88. The summed E-state index contributed by atoms with van der Waals surface area (Å²) in [5.74, 6) is 2.45. The number of nitrogens with one attached hydrogen (secondary N) is 1. The Bertz CT molecular complexity index is 791. The molecule has 1 aliphatic carbocycles. The molecule has 0 fully saturated rings. The maximum atomic E-state index is 4.69. The number of nitrogens with zero attached hydrogens (tertiary/aromatic N) is 4. The van der Waals surface area contributed by atoms with E-state index in [1.165, 1.54) is 24.1 Å². The van der Waals surface area contributed by atoms with Crippen LogP contribution in [0.4, 0.5) is 11.5 Å². The zero-order chi connectivity index (χ0) is 14.2. The van der Waals surface area contributed by atoms with Crippen LogP contribution in [0.15, 0.2) is 30.3 Å². The molecule has 0 spiro atoms. The molecule has 1 aromatic carbocycles. The van der Waals surface area contributed by atoms with Gasteiger partial charge in [0.25, 0.3) is 5.78 Å². The van der Waals surface area contributed by atoms with Gasteiger partial charge in [0.15, 0.2) is 0 Å². The van der Waals surface area contributed by atoms with E-state index in [0.717, 1.165) is 30.2 Å². The van der Waals surface area contributed by atoms with E-state index in [1.807, 2.05) is 29.6 Å². The Morgan fingerprint density at radius 1 is 1.05 bits per heavy atom. The first-order valence-corrected chi connectivity index (χ1v) is 7.38. The van der Waals surface area contributed by atoms with Crippen molar-refractivity contribution < 1.29 is 0 Å². The van der Waals surface area contributed by atoms with E-state index in [4.69, 9.17) is 0 Å². The van der Waals surface area contributed by atoms with Gasteiger partial charge in [0.05, 0.1) is 5.69 Å². The van der Waals surface area contributed by atoms with Gasteiger partial charge in [0.2, 0.25) is 0 Å². The predicted octanol–water partition coefficient (Wildman–Crippen LogP) is 3.06. The fourth-order valence-corrected chi connectivity index (χ4v) is 2.93. The summed E-state index contributed by atoms with van der Waals surface area (Å²) in [6.45, 7) is 1.90. The van der Waals surface area contributed by atoms with Crippen molar-refractivity contribution in [3.8, 4) is 0 Å². The van der Waals surface area contributed by atoms with Gasteiger partial charge in [-0.2, -0.15) is 9.50 Å². The number of rotatable bonds is 2. The van der Waals surface area contributed by atoms with E-state index in [9.17, 15) is 0 Å². The standard InChI is InChI=1S/C16H17N5/c1-11-17-16-19-14-10-6-5-9-13(14)15(21(16)20-11)18-12-7-3-2-4-8-12/h2-4,7-8,18H,5-6,9-10H2,1H3. The van der Waals surface area contributed by atoms with Crippen LogP contribution >= 0.6 is 0 Å². The van der Waals surface area contributed by atoms with Gasteiger partial charge in [0.1, 0.15) is 11.6 Å². The smallest absolute Gasteiger partial charge is 0.254 e. The second-order valence-corrected chi connectivity index (χ2v) is 5.45. The van der Waals surface area contributed by atoms with Crippen LogP contribution in [0.2, 0.25) is 0 Å². The summed E-state index contributed by atoms with van der Waals surface area (Å²) in [4.78, 5) is 9.11. The molecule has 5 nitrogen and oxygen atoms in total. The molecule has 1 aliphatic rings. The molecule has 106 valence electrons. The number of hydrogen-bond donors (Lipinski definition) is 1. The molecule has 0 unspecified atom stereocenters. The third-order valence-electron chi connectivity index (χ3n) is 3.90. The normalized spacial score (nSPS) is 14.1. The van der Waals surface area contributed by atoms with E-state index in [1.54, 1.807) is 0 Å². The van der Waals surface area contributed by atoms with Crippen LogP contribution in [0, 0.1) is 6.92 Å². The first-order chi connectivity index (χ1) is 10.3. The Morgan fingerprint density at radius 3 is 2.71 bits per heavy atom. The first kappa shape index (κ1) is 12.3. The molecule has 3 aromatic rings. The minimum absolute atomic E-state index is 0.687. The molecule has 5 heteroatoms. The highest BCUT2D eigenvalue weighted by molar-refractivity contribution is 5.63. The summed E-state index contributed by atoms with van der Waals surface area (Å²) >= 11 is 0. The maximum absolute atomic E-state index is 4.69. The van der Waals surface area contributed by atoms with Crippen LogP contribution in [-0.4, -0.2) is 19.6 Å². The minimum atomic E-state index is 0.687. The Labute approximate surface area is 123 Å². The van der Waals surface area contributed by atoms with Gasteiger partial charge in [-0.15, -0.1) is 5.10 Å². The summed E-state index contributed by atoms with van der Waals surface area (Å²) in [7, 11) is 0. The second-order valence-electron chi connectivity index (χ2n) is 5.45. The lowest BCUT2D eigenvalue weighted by Crippen LogP contribution is -2.13. The van der Waals surface area contributed by atoms with Crippen molar-refractivity contribution in [2.75, 3.05) is 5.32 Å². The molecule has 0 saturated heterocycles. The number of benzene rings is 1. The monoisotopic (exact) mass is 279 g/mol. The third-order valence-corrected chi connectivity index (χ3v) is 3.90. The first-order valence-electron chi connectivity index (χ1n) is 7.38. The topological polar surface area (TPSA) is 55.1 Å². The number of aryl methyl sites for hydroxylation is 2. The van der Waals surface area contributed by atoms with Crippen LogP contribution in [-0.2, 0) is 12.8 Å². The summed E-state index contributed by atoms with van der Waals surface area (Å²) in [5.41, 5.74) is 3.51. The molecule has 21 heavy (non-hydrogen) atoms. The lowest BCUT2D eigenvalue weighted by Gasteiger charge is -2.19. The highest BCUT2D eigenvalue weighted by atomic mass is 15.4. The van der Waals surface area contributed by atoms with Gasteiger partial charge in [-0.3, -0.25) is 0 Å². The van der Waals surface area contributed by atoms with Gasteiger partial charge in [-0.25, -0.2) is 4.98 Å². The van der Waals surface area contributed by atoms with E-state index < -0.39 is 0 Å². The lowest BCUT2D eigenvalue weighted by atomic mass is 9.96. The van der Waals surface area contributed by atoms with E-state index in [0.29, 0.717) is 5.78 Å². The largest absolute Gasteiger partial charge is 0.340 e. The van der Waals surface area contributed by atoms with Gasteiger partial charge in [-0.05, 0) is 44.7 Å². The Hall–Kier alpha value is -2.43. The molecule has 0 atom stereocenters. The number of hydrogen-bond acceptors (Lipinski definition) is 4. The molecule has 0 amide bonds. The van der Waals surface area contributed by atoms with Gasteiger partial charge < -0.3 is 5.32 Å². The fourth-order valence-electron chi connectivity index (χ4n) is 2.93. The van der Waals surface area contributed by atoms with Crippen molar-refractivity contribution in [2.24, 2.45) is 0 Å². The van der Waals surface area contributed by atoms with Crippen LogP contribution in [0.3, 0.4) is 0 Å². The summed E-state index contributed by atoms with van der Waals surface area (Å²) < 4.78 is 1.84. The molecular formula is C16H17N5. The van der Waals surface area contributed by atoms with E-state index in [2.05, 4.69) is 32.5 Å². The number of para-hydroxylation sites is 1. The molecule has 0 radical (unpaired) electrons. The predicted molar refractivity (Wildman–Crippen MR) is 81.9 cm³/mol. The van der Waals surface area contributed by atoms with Gasteiger partial charge in [0, 0.05) is 11.3 Å². The zero-order valence-corrected chi connectivity index (χ0v) is 12.0. The minimum Gasteiger partial charge on any atom is -0.340 e. The second kappa shape index (κ2) is 4.84. The lowest BCUT2D eigenvalue weighted by molar-refractivity contribution is 0.662. The molecule has 1 N–H and O–H groups in total. The van der Waals surface area contributed by atoms with Crippen molar-refractivity contribution in [2.45, 2.75) is 32.6 Å². The molecule has 4 rings (SSSR count). The number of fused-ring (bicyclic) bond motifs is 2. The SMILES string of the molecule is Cc1nc2nc3c(c(Nc4ccccc4)n2n1)CCCC3. The number of aromatic nitrogens is 4. The quantitative estimate of drug-likeness (QED) is 0.783. The van der Waals surface area contributed by atoms with Crippen molar-refractivity contribution in [3.63, 3.8) is 0 Å². The molecule has 2 heterocycles. The molecule has 0 saturated carbocycles. The van der Waals surface area contributed by atoms with Crippen LogP contribution in [0.5, 0.6) is 0 Å². The van der Waals surface area contributed by atoms with Crippen LogP contribution < -0.4 is 5.32 Å². The van der Waals surface area contributed by atoms with Gasteiger partial charge in [-0.1, -0.05) is 18.2 Å². The Balaban J connectivity index is 1.92. The Morgan fingerprint density at radius 2 is 1.86 bits per heavy atom. The maximum Gasteiger partial charge on any atom is 0.254 e. The molecular weight excluding hydrogens is 262 g/mol. The van der Waals surface area contributed by atoms with Crippen molar-refractivity contribution in [1.29, 1.82) is 0 Å². The fraction of sp³-hybridized carbons (Fsp3) is 0.312. The van der Waals surface area contributed by atoms with Crippen LogP contribution in [0.25, 0.3) is 5.78 Å². The van der Waals surface area contributed by atoms with Gasteiger partial charge >= 0.3 is 0 Å². The molecule has 0 aliphatic heterocycles. The van der Waals surface area contributed by atoms with Crippen LogP contribution in [0.1, 0.15) is 29.9 Å². The summed E-state index contributed by atoms with van der Waals surface area (Å²) in [5, 5.41) is 8.01. The van der Waals surface area contributed by atoms with Crippen molar-refractivity contribution >= 4 is 17.3 Å². The van der Waals surface area contributed by atoms with E-state index >= 15 is 0 Å². The summed E-state index contributed by atoms with van der Waals surface area (Å²) in [6.07, 6.45) is 4.49. The third kappa shape index (κ3) is 2.14. The van der Waals surface area contributed by atoms with Crippen molar-refractivity contribution in [3.05, 3.63) is 47.4 Å².